The maximum absolute atomic E-state index is 13.5. The summed E-state index contributed by atoms with van der Waals surface area (Å²) in [5.41, 5.74) is 5.13. The highest BCUT2D eigenvalue weighted by Gasteiger charge is 2.42. The molecule has 0 bridgehead atoms. The fourth-order valence-electron chi connectivity index (χ4n) is 5.88. The third-order valence-electron chi connectivity index (χ3n) is 7.72. The summed E-state index contributed by atoms with van der Waals surface area (Å²) in [6.07, 6.45) is 0.898. The Morgan fingerprint density at radius 2 is 1.74 bits per heavy atom. The van der Waals surface area contributed by atoms with E-state index in [1.807, 2.05) is 59.5 Å². The van der Waals surface area contributed by atoms with Crippen LogP contribution in [0.1, 0.15) is 34.2 Å². The molecule has 8 nitrogen and oxygen atoms in total. The average Bonchev–Trinajstić information content (AvgIpc) is 3.30. The quantitative estimate of drug-likeness (QED) is 0.346. The van der Waals surface area contributed by atoms with Crippen LogP contribution in [0.4, 0.5) is 5.69 Å². The highest BCUT2D eigenvalue weighted by atomic mass is 16.5. The van der Waals surface area contributed by atoms with E-state index in [9.17, 15) is 9.59 Å². The van der Waals surface area contributed by atoms with E-state index in [2.05, 4.69) is 40.0 Å². The molecule has 200 valence electrons. The first-order valence-corrected chi connectivity index (χ1v) is 13.3. The maximum Gasteiger partial charge on any atom is 0.257 e. The number of carbonyl (C=O) groups excluding carboxylic acids is 2. The van der Waals surface area contributed by atoms with Crippen molar-refractivity contribution in [3.8, 4) is 11.5 Å². The van der Waals surface area contributed by atoms with Crippen molar-refractivity contribution in [1.29, 1.82) is 0 Å². The summed E-state index contributed by atoms with van der Waals surface area (Å²) in [4.78, 5) is 30.5. The lowest BCUT2D eigenvalue weighted by atomic mass is 9.96. The molecule has 1 N–H and O–H groups in total. The van der Waals surface area contributed by atoms with Crippen molar-refractivity contribution < 1.29 is 19.1 Å². The lowest BCUT2D eigenvalue weighted by Crippen LogP contribution is -2.51. The molecular formula is C31H32N4O4. The molecule has 2 amide bonds. The first kappa shape index (κ1) is 24.9. The van der Waals surface area contributed by atoms with Crippen LogP contribution in [-0.4, -0.2) is 55.1 Å². The number of benzene rings is 3. The first-order chi connectivity index (χ1) is 19.1. The minimum Gasteiger partial charge on any atom is -0.497 e. The molecule has 8 heteroatoms. The number of fused-ring (bicyclic) bond motifs is 6. The van der Waals surface area contributed by atoms with Crippen molar-refractivity contribution in [2.45, 2.75) is 25.6 Å². The zero-order valence-electron chi connectivity index (χ0n) is 22.2. The molecule has 1 atom stereocenters. The molecule has 3 heterocycles. The van der Waals surface area contributed by atoms with Crippen molar-refractivity contribution in [1.82, 2.24) is 14.8 Å². The van der Waals surface area contributed by atoms with Crippen LogP contribution < -0.4 is 19.7 Å². The topological polar surface area (TPSA) is 76.0 Å². The number of hydrogen-bond acceptors (Lipinski definition) is 5. The van der Waals surface area contributed by atoms with Crippen molar-refractivity contribution in [3.05, 3.63) is 89.6 Å². The summed E-state index contributed by atoms with van der Waals surface area (Å²) in [7, 11) is 3.68. The number of aromatic nitrogens is 1. The van der Waals surface area contributed by atoms with Gasteiger partial charge in [0.25, 0.3) is 5.91 Å². The fraction of sp³-hybridized carbons (Fsp3) is 0.290. The van der Waals surface area contributed by atoms with Crippen LogP contribution in [0.25, 0.3) is 10.9 Å². The third-order valence-corrected chi connectivity index (χ3v) is 7.72. The Bertz CT molecular complexity index is 1530. The highest BCUT2D eigenvalue weighted by molar-refractivity contribution is 6.02. The van der Waals surface area contributed by atoms with Crippen molar-refractivity contribution in [2.75, 3.05) is 38.8 Å². The number of rotatable bonds is 8. The maximum atomic E-state index is 13.5. The predicted octanol–water partition coefficient (Wildman–Crippen LogP) is 4.38. The van der Waals surface area contributed by atoms with E-state index in [0.29, 0.717) is 32.7 Å². The van der Waals surface area contributed by atoms with E-state index in [1.165, 1.54) is 10.9 Å². The van der Waals surface area contributed by atoms with Gasteiger partial charge in [0.15, 0.2) is 0 Å². The van der Waals surface area contributed by atoms with Crippen LogP contribution >= 0.6 is 0 Å². The SMILES string of the molecule is COc1ccc(OCCNC(=O)CCn2c3c(c4ccccc42)CCN2C(=O)c4ccccc4N(C)[C@@H]32)cc1. The lowest BCUT2D eigenvalue weighted by molar-refractivity contribution is -0.121. The van der Waals surface area contributed by atoms with Crippen LogP contribution in [0.3, 0.4) is 0 Å². The van der Waals surface area contributed by atoms with E-state index >= 15 is 0 Å². The van der Waals surface area contributed by atoms with Crippen LogP contribution in [-0.2, 0) is 17.8 Å². The number of nitrogens with one attached hydrogen (secondary N) is 1. The van der Waals surface area contributed by atoms with Crippen molar-refractivity contribution in [2.24, 2.45) is 0 Å². The van der Waals surface area contributed by atoms with Gasteiger partial charge in [-0.25, -0.2) is 0 Å². The van der Waals surface area contributed by atoms with Crippen molar-refractivity contribution >= 4 is 28.4 Å². The Balaban J connectivity index is 1.19. The standard InChI is InChI=1S/C31H32N4O4/c1-33-26-9-5-4-8-25(26)31(37)35-18-15-24-23-7-3-6-10-27(23)34(29(24)30(33)35)19-16-28(36)32-17-20-39-22-13-11-21(38-2)12-14-22/h3-14,30H,15-20H2,1-2H3,(H,32,36)/t30-/m1/s1. The Morgan fingerprint density at radius 1 is 1.00 bits per heavy atom. The Hall–Kier alpha value is -4.46. The van der Waals surface area contributed by atoms with Gasteiger partial charge in [-0.1, -0.05) is 30.3 Å². The number of carbonyl (C=O) groups is 2. The van der Waals surface area contributed by atoms with Gasteiger partial charge < -0.3 is 29.2 Å². The van der Waals surface area contributed by atoms with Gasteiger partial charge >= 0.3 is 0 Å². The number of hydrogen-bond donors (Lipinski definition) is 1. The number of amides is 2. The molecule has 0 spiro atoms. The molecule has 0 saturated carbocycles. The number of para-hydroxylation sites is 2. The smallest absolute Gasteiger partial charge is 0.257 e. The van der Waals surface area contributed by atoms with Crippen LogP contribution in [0.2, 0.25) is 0 Å². The van der Waals surface area contributed by atoms with Gasteiger partial charge in [0.2, 0.25) is 5.91 Å². The second-order valence-electron chi connectivity index (χ2n) is 9.91. The van der Waals surface area contributed by atoms with Crippen LogP contribution in [0.15, 0.2) is 72.8 Å². The summed E-state index contributed by atoms with van der Waals surface area (Å²) in [6, 6.07) is 23.5. The monoisotopic (exact) mass is 524 g/mol. The summed E-state index contributed by atoms with van der Waals surface area (Å²) in [5.74, 6) is 1.52. The first-order valence-electron chi connectivity index (χ1n) is 13.3. The lowest BCUT2D eigenvalue weighted by Gasteiger charge is -2.46. The number of methoxy groups -OCH3 is 1. The second kappa shape index (κ2) is 10.4. The van der Waals surface area contributed by atoms with E-state index in [0.717, 1.165) is 40.4 Å². The Kier molecular flexibility index (Phi) is 6.60. The van der Waals surface area contributed by atoms with Gasteiger partial charge in [-0.15, -0.1) is 0 Å². The van der Waals surface area contributed by atoms with Gasteiger partial charge in [0.1, 0.15) is 24.3 Å². The summed E-state index contributed by atoms with van der Waals surface area (Å²) < 4.78 is 13.1. The summed E-state index contributed by atoms with van der Waals surface area (Å²) in [5, 5.41) is 4.17. The van der Waals surface area contributed by atoms with Gasteiger partial charge in [-0.05, 0) is 54.4 Å². The minimum absolute atomic E-state index is 0.0362. The zero-order chi connectivity index (χ0) is 26.9. The molecule has 39 heavy (non-hydrogen) atoms. The van der Waals surface area contributed by atoms with Gasteiger partial charge in [-0.2, -0.15) is 0 Å². The third kappa shape index (κ3) is 4.46. The molecule has 0 saturated heterocycles. The molecule has 0 aliphatic carbocycles. The minimum atomic E-state index is -0.218. The largest absolute Gasteiger partial charge is 0.497 e. The van der Waals surface area contributed by atoms with E-state index < -0.39 is 0 Å². The van der Waals surface area contributed by atoms with Crippen LogP contribution in [0, 0.1) is 0 Å². The molecule has 6 rings (SSSR count). The molecular weight excluding hydrogens is 492 g/mol. The summed E-state index contributed by atoms with van der Waals surface area (Å²) in [6.45, 7) is 1.98. The van der Waals surface area contributed by atoms with Gasteiger partial charge in [0.05, 0.1) is 30.6 Å². The normalized spacial score (nSPS) is 15.9. The summed E-state index contributed by atoms with van der Waals surface area (Å²) >= 11 is 0. The van der Waals surface area contributed by atoms with E-state index in [1.54, 1.807) is 7.11 Å². The molecule has 2 aliphatic heterocycles. The number of nitrogens with zero attached hydrogens (tertiary/aromatic N) is 3. The molecule has 0 unspecified atom stereocenters. The van der Waals surface area contributed by atoms with Crippen LogP contribution in [0.5, 0.6) is 11.5 Å². The fourth-order valence-corrected chi connectivity index (χ4v) is 5.88. The number of aryl methyl sites for hydroxylation is 1. The molecule has 0 fully saturated rings. The van der Waals surface area contributed by atoms with E-state index in [4.69, 9.17) is 9.47 Å². The molecule has 3 aromatic carbocycles. The highest BCUT2D eigenvalue weighted by Crippen LogP contribution is 2.44. The number of anilines is 1. The molecule has 4 aromatic rings. The zero-order valence-corrected chi connectivity index (χ0v) is 22.2. The number of ether oxygens (including phenoxy) is 2. The predicted molar refractivity (Wildman–Crippen MR) is 150 cm³/mol. The Morgan fingerprint density at radius 3 is 2.56 bits per heavy atom. The van der Waals surface area contributed by atoms with Gasteiger partial charge in [-0.3, -0.25) is 9.59 Å². The van der Waals surface area contributed by atoms with E-state index in [-0.39, 0.29) is 18.0 Å². The Labute approximate surface area is 227 Å². The van der Waals surface area contributed by atoms with Crippen molar-refractivity contribution in [3.63, 3.8) is 0 Å². The van der Waals surface area contributed by atoms with Gasteiger partial charge in [0, 0.05) is 37.5 Å². The average molecular weight is 525 g/mol. The molecule has 1 aromatic heterocycles. The molecule has 0 radical (unpaired) electrons. The second-order valence-corrected chi connectivity index (χ2v) is 9.91. The molecule has 2 aliphatic rings.